The summed E-state index contributed by atoms with van der Waals surface area (Å²) in [6.07, 6.45) is 3.82. The molecule has 104 valence electrons. The molecular weight excluding hydrogens is 240 g/mol. The molecule has 19 heavy (non-hydrogen) atoms. The monoisotopic (exact) mass is 262 g/mol. The number of nitrogens with two attached hydrogens (primary N) is 1. The molecule has 0 atom stereocenters. The summed E-state index contributed by atoms with van der Waals surface area (Å²) in [5.41, 5.74) is 6.92. The summed E-state index contributed by atoms with van der Waals surface area (Å²) in [5, 5.41) is 12.7. The highest BCUT2D eigenvalue weighted by Crippen LogP contribution is 2.31. The number of nitrogens with one attached hydrogen (secondary N) is 1. The van der Waals surface area contributed by atoms with Crippen LogP contribution in [0.1, 0.15) is 31.2 Å². The van der Waals surface area contributed by atoms with Crippen molar-refractivity contribution in [1.82, 2.24) is 0 Å². The summed E-state index contributed by atoms with van der Waals surface area (Å²) in [5.74, 6) is 0.780. The van der Waals surface area contributed by atoms with Crippen LogP contribution in [0.5, 0.6) is 5.75 Å². The van der Waals surface area contributed by atoms with Crippen molar-refractivity contribution in [2.24, 2.45) is 17.6 Å². The molecule has 0 spiro atoms. The van der Waals surface area contributed by atoms with E-state index in [0.717, 1.165) is 31.2 Å². The van der Waals surface area contributed by atoms with Gasteiger partial charge in [0.05, 0.1) is 5.69 Å². The molecule has 1 aliphatic carbocycles. The molecule has 0 saturated heterocycles. The zero-order chi connectivity index (χ0) is 13.8. The minimum absolute atomic E-state index is 0.0105. The van der Waals surface area contributed by atoms with Gasteiger partial charge in [-0.15, -0.1) is 0 Å². The van der Waals surface area contributed by atoms with E-state index in [2.05, 4.69) is 5.32 Å². The second-order valence-corrected chi connectivity index (χ2v) is 5.41. The maximum Gasteiger partial charge on any atom is 0.227 e. The topological polar surface area (TPSA) is 75.4 Å². The lowest BCUT2D eigenvalue weighted by Gasteiger charge is -2.26. The fraction of sp³-hybridized carbons (Fsp3) is 0.533. The summed E-state index contributed by atoms with van der Waals surface area (Å²) < 4.78 is 0. The molecule has 0 aromatic heterocycles. The highest BCUT2D eigenvalue weighted by molar-refractivity contribution is 5.94. The van der Waals surface area contributed by atoms with Gasteiger partial charge in [0, 0.05) is 5.92 Å². The number of phenolic OH excluding ortho intramolecular Hbond substituents is 1. The van der Waals surface area contributed by atoms with Crippen LogP contribution in [-0.4, -0.2) is 17.6 Å². The van der Waals surface area contributed by atoms with Gasteiger partial charge >= 0.3 is 0 Å². The zero-order valence-corrected chi connectivity index (χ0v) is 11.4. The number of hydrogen-bond acceptors (Lipinski definition) is 3. The van der Waals surface area contributed by atoms with Gasteiger partial charge in [-0.05, 0) is 56.7 Å². The van der Waals surface area contributed by atoms with Gasteiger partial charge in [0.1, 0.15) is 5.75 Å². The third-order valence-corrected chi connectivity index (χ3v) is 4.05. The van der Waals surface area contributed by atoms with Crippen LogP contribution in [0, 0.1) is 18.8 Å². The maximum atomic E-state index is 12.2. The van der Waals surface area contributed by atoms with Crippen molar-refractivity contribution in [3.05, 3.63) is 23.8 Å². The number of anilines is 1. The second-order valence-electron chi connectivity index (χ2n) is 5.41. The number of carbonyl (C=O) groups excluding carboxylic acids is 1. The Morgan fingerprint density at radius 1 is 1.37 bits per heavy atom. The number of aryl methyl sites for hydroxylation is 1. The molecular formula is C15H22N2O2. The first-order chi connectivity index (χ1) is 9.11. The van der Waals surface area contributed by atoms with Gasteiger partial charge < -0.3 is 16.2 Å². The number of phenols is 1. The standard InChI is InChI=1S/C15H22N2O2/c1-10-3-2-4-13(14(10)18)17-15(19)12-7-5-11(9-16)6-8-12/h2-4,11-12,18H,5-9,16H2,1H3,(H,17,19). The van der Waals surface area contributed by atoms with Crippen molar-refractivity contribution in [1.29, 1.82) is 0 Å². The molecule has 4 N–H and O–H groups in total. The molecule has 4 nitrogen and oxygen atoms in total. The fourth-order valence-corrected chi connectivity index (χ4v) is 2.65. The number of benzene rings is 1. The lowest BCUT2D eigenvalue weighted by atomic mass is 9.81. The van der Waals surface area contributed by atoms with Crippen LogP contribution in [-0.2, 0) is 4.79 Å². The predicted molar refractivity (Wildman–Crippen MR) is 76.0 cm³/mol. The van der Waals surface area contributed by atoms with E-state index >= 15 is 0 Å². The summed E-state index contributed by atoms with van der Waals surface area (Å²) in [7, 11) is 0. The van der Waals surface area contributed by atoms with E-state index in [1.54, 1.807) is 6.07 Å². The van der Waals surface area contributed by atoms with E-state index in [4.69, 9.17) is 5.73 Å². The Labute approximate surface area is 114 Å². The Morgan fingerprint density at radius 3 is 2.68 bits per heavy atom. The molecule has 1 aromatic carbocycles. The van der Waals surface area contributed by atoms with Crippen molar-refractivity contribution < 1.29 is 9.90 Å². The molecule has 1 amide bonds. The van der Waals surface area contributed by atoms with Gasteiger partial charge in [0.15, 0.2) is 0 Å². The van der Waals surface area contributed by atoms with Crippen molar-refractivity contribution in [3.63, 3.8) is 0 Å². The van der Waals surface area contributed by atoms with E-state index in [1.165, 1.54) is 0 Å². The van der Waals surface area contributed by atoms with Crippen molar-refractivity contribution in [2.75, 3.05) is 11.9 Å². The lowest BCUT2D eigenvalue weighted by Crippen LogP contribution is -2.29. The first-order valence-electron chi connectivity index (χ1n) is 6.91. The summed E-state index contributed by atoms with van der Waals surface area (Å²) in [6.45, 7) is 2.53. The van der Waals surface area contributed by atoms with Gasteiger partial charge in [-0.25, -0.2) is 0 Å². The van der Waals surface area contributed by atoms with Gasteiger partial charge in [-0.3, -0.25) is 4.79 Å². The molecule has 0 radical (unpaired) electrons. The average molecular weight is 262 g/mol. The Balaban J connectivity index is 1.96. The smallest absolute Gasteiger partial charge is 0.227 e. The molecule has 1 fully saturated rings. The Kier molecular flexibility index (Phi) is 4.43. The van der Waals surface area contributed by atoms with E-state index < -0.39 is 0 Å². The third kappa shape index (κ3) is 3.26. The SMILES string of the molecule is Cc1cccc(NC(=O)C2CCC(CN)CC2)c1O. The van der Waals surface area contributed by atoms with Gasteiger partial charge in [-0.2, -0.15) is 0 Å². The molecule has 1 aliphatic rings. The molecule has 4 heteroatoms. The molecule has 0 unspecified atom stereocenters. The number of aromatic hydroxyl groups is 1. The second kappa shape index (κ2) is 6.06. The first-order valence-corrected chi connectivity index (χ1v) is 6.91. The summed E-state index contributed by atoms with van der Waals surface area (Å²) in [6, 6.07) is 5.37. The van der Waals surface area contributed by atoms with Crippen LogP contribution >= 0.6 is 0 Å². The third-order valence-electron chi connectivity index (χ3n) is 4.05. The molecule has 0 aliphatic heterocycles. The van der Waals surface area contributed by atoms with Gasteiger partial charge in [0.25, 0.3) is 0 Å². The molecule has 0 heterocycles. The number of para-hydroxylation sites is 1. The number of amides is 1. The van der Waals surface area contributed by atoms with E-state index in [-0.39, 0.29) is 17.6 Å². The zero-order valence-electron chi connectivity index (χ0n) is 11.4. The minimum Gasteiger partial charge on any atom is -0.505 e. The van der Waals surface area contributed by atoms with Crippen LogP contribution in [0.3, 0.4) is 0 Å². The Bertz CT molecular complexity index is 451. The van der Waals surface area contributed by atoms with Crippen LogP contribution in [0.2, 0.25) is 0 Å². The average Bonchev–Trinajstić information content (AvgIpc) is 2.44. The number of rotatable bonds is 3. The highest BCUT2D eigenvalue weighted by atomic mass is 16.3. The molecule has 0 bridgehead atoms. The van der Waals surface area contributed by atoms with Crippen molar-refractivity contribution >= 4 is 11.6 Å². The van der Waals surface area contributed by atoms with E-state index in [0.29, 0.717) is 18.2 Å². The van der Waals surface area contributed by atoms with Crippen molar-refractivity contribution in [2.45, 2.75) is 32.6 Å². The summed E-state index contributed by atoms with van der Waals surface area (Å²) >= 11 is 0. The van der Waals surface area contributed by atoms with Crippen LogP contribution < -0.4 is 11.1 Å². The molecule has 1 saturated carbocycles. The highest BCUT2D eigenvalue weighted by Gasteiger charge is 2.26. The fourth-order valence-electron chi connectivity index (χ4n) is 2.65. The molecule has 2 rings (SSSR count). The Morgan fingerprint density at radius 2 is 2.05 bits per heavy atom. The normalized spacial score (nSPS) is 23.1. The van der Waals surface area contributed by atoms with Gasteiger partial charge in [0.2, 0.25) is 5.91 Å². The van der Waals surface area contributed by atoms with E-state index in [9.17, 15) is 9.90 Å². The van der Waals surface area contributed by atoms with Crippen LogP contribution in [0.25, 0.3) is 0 Å². The lowest BCUT2D eigenvalue weighted by molar-refractivity contribution is -0.121. The maximum absolute atomic E-state index is 12.2. The largest absolute Gasteiger partial charge is 0.505 e. The molecule has 1 aromatic rings. The quantitative estimate of drug-likeness (QED) is 0.732. The van der Waals surface area contributed by atoms with Crippen LogP contribution in [0.15, 0.2) is 18.2 Å². The van der Waals surface area contributed by atoms with E-state index in [1.807, 2.05) is 19.1 Å². The summed E-state index contributed by atoms with van der Waals surface area (Å²) in [4.78, 5) is 12.2. The Hall–Kier alpha value is -1.55. The van der Waals surface area contributed by atoms with Gasteiger partial charge in [-0.1, -0.05) is 12.1 Å². The first kappa shape index (κ1) is 13.9. The number of hydrogen-bond donors (Lipinski definition) is 3. The predicted octanol–water partition coefficient (Wildman–Crippen LogP) is 2.40. The van der Waals surface area contributed by atoms with Crippen molar-refractivity contribution in [3.8, 4) is 5.75 Å². The number of carbonyl (C=O) groups is 1. The minimum atomic E-state index is 0.0105. The van der Waals surface area contributed by atoms with Crippen LogP contribution in [0.4, 0.5) is 5.69 Å².